The highest BCUT2D eigenvalue weighted by molar-refractivity contribution is 8.02. The molecule has 1 aromatic heterocycles. The predicted octanol–water partition coefficient (Wildman–Crippen LogP) is 9.54. The number of hydrogen-bond donors (Lipinski definition) is 0. The number of rotatable bonds is 15. The molecule has 2 rings (SSSR count). The molecule has 2 heteroatoms. The van der Waals surface area contributed by atoms with Gasteiger partial charge in [-0.05, 0) is 29.7 Å². The maximum absolute atomic E-state index is 2.60. The number of unbranched alkanes of at least 4 members (excludes halogenated alkanes) is 10. The predicted molar refractivity (Wildman–Crippen MR) is 122 cm³/mol. The Morgan fingerprint density at radius 3 is 1.92 bits per heavy atom. The van der Waals surface area contributed by atoms with Crippen molar-refractivity contribution >= 4 is 23.1 Å². The number of thiophene rings is 1. The Balaban J connectivity index is 1.87. The van der Waals surface area contributed by atoms with E-state index in [-0.39, 0.29) is 0 Å². The maximum Gasteiger partial charge on any atom is 0.0523 e. The minimum Gasteiger partial charge on any atom is -0.148 e. The first-order valence-corrected chi connectivity index (χ1v) is 13.0. The van der Waals surface area contributed by atoms with Gasteiger partial charge in [0.25, 0.3) is 0 Å². The van der Waals surface area contributed by atoms with Crippen molar-refractivity contribution in [2.45, 2.75) is 109 Å². The molecule has 0 fully saturated rings. The summed E-state index contributed by atoms with van der Waals surface area (Å²) in [6.07, 6.45) is 22.3. The van der Waals surface area contributed by atoms with Crippen LogP contribution in [-0.2, 0) is 0 Å². The van der Waals surface area contributed by atoms with Crippen LogP contribution in [0.15, 0.2) is 29.0 Å². The Bertz CT molecular complexity index is 458. The van der Waals surface area contributed by atoms with Crippen LogP contribution in [0.4, 0.5) is 0 Å². The molecule has 1 unspecified atom stereocenters. The van der Waals surface area contributed by atoms with Gasteiger partial charge in [0, 0.05) is 10.3 Å². The summed E-state index contributed by atoms with van der Waals surface area (Å²) in [6, 6.07) is 4.60. The van der Waals surface area contributed by atoms with E-state index < -0.39 is 0 Å². The third-order valence-electron chi connectivity index (χ3n) is 5.93. The molecule has 148 valence electrons. The molecular weight excluding hydrogens is 352 g/mol. The van der Waals surface area contributed by atoms with Crippen molar-refractivity contribution in [3.8, 4) is 0 Å². The Labute approximate surface area is 171 Å². The van der Waals surface area contributed by atoms with Gasteiger partial charge < -0.3 is 0 Å². The van der Waals surface area contributed by atoms with Gasteiger partial charge in [-0.2, -0.15) is 0 Å². The molecule has 0 radical (unpaired) electrons. The molecule has 0 spiro atoms. The highest BCUT2D eigenvalue weighted by Crippen LogP contribution is 2.57. The first-order valence-electron chi connectivity index (χ1n) is 11.2. The molecule has 0 saturated heterocycles. The third kappa shape index (κ3) is 7.08. The van der Waals surface area contributed by atoms with Gasteiger partial charge in [0.2, 0.25) is 0 Å². The summed E-state index contributed by atoms with van der Waals surface area (Å²) in [5.74, 6) is 0. The van der Waals surface area contributed by atoms with Crippen LogP contribution < -0.4 is 0 Å². The third-order valence-corrected chi connectivity index (χ3v) is 8.31. The second-order valence-corrected chi connectivity index (χ2v) is 10.1. The van der Waals surface area contributed by atoms with E-state index in [0.29, 0.717) is 10.7 Å². The second kappa shape index (κ2) is 13.0. The summed E-state index contributed by atoms with van der Waals surface area (Å²) in [5.41, 5.74) is 0.422. The van der Waals surface area contributed by atoms with Crippen LogP contribution in [0.5, 0.6) is 0 Å². The first kappa shape index (κ1) is 22.1. The molecule has 1 aliphatic heterocycles. The van der Waals surface area contributed by atoms with E-state index in [4.69, 9.17) is 0 Å². The number of thioether (sulfide) groups is 1. The van der Waals surface area contributed by atoms with Gasteiger partial charge in [0.1, 0.15) is 0 Å². The fraction of sp³-hybridized carbons (Fsp3) is 0.750. The van der Waals surface area contributed by atoms with Gasteiger partial charge in [-0.25, -0.2) is 0 Å². The zero-order chi connectivity index (χ0) is 18.5. The molecular formula is C24H40S2. The summed E-state index contributed by atoms with van der Waals surface area (Å²) >= 11 is 4.04. The van der Waals surface area contributed by atoms with Gasteiger partial charge in [-0.1, -0.05) is 103 Å². The molecule has 1 aliphatic rings. The molecule has 0 aromatic carbocycles. The molecule has 0 bridgehead atoms. The molecule has 0 amide bonds. The smallest absolute Gasteiger partial charge is 0.0523 e. The lowest BCUT2D eigenvalue weighted by Gasteiger charge is -2.34. The van der Waals surface area contributed by atoms with Crippen molar-refractivity contribution in [3.05, 3.63) is 33.9 Å². The molecule has 2 heterocycles. The fourth-order valence-corrected chi connectivity index (χ4v) is 6.76. The average molecular weight is 393 g/mol. The fourth-order valence-electron chi connectivity index (χ4n) is 4.29. The Kier molecular flexibility index (Phi) is 11.1. The lowest BCUT2D eigenvalue weighted by molar-refractivity contribution is 0.294. The minimum absolute atomic E-state index is 0.422. The largest absolute Gasteiger partial charge is 0.148 e. The molecule has 1 atom stereocenters. The minimum atomic E-state index is 0.422. The van der Waals surface area contributed by atoms with Crippen LogP contribution in [0.1, 0.15) is 114 Å². The van der Waals surface area contributed by atoms with E-state index in [1.54, 1.807) is 4.88 Å². The maximum atomic E-state index is 2.60. The highest BCUT2D eigenvalue weighted by Gasteiger charge is 2.40. The normalized spacial score (nSPS) is 18.6. The molecule has 0 aliphatic carbocycles. The molecule has 0 nitrogen and oxygen atoms in total. The van der Waals surface area contributed by atoms with Gasteiger partial charge in [-0.3, -0.25) is 0 Å². The molecule has 0 saturated carbocycles. The van der Waals surface area contributed by atoms with Crippen molar-refractivity contribution in [3.63, 3.8) is 0 Å². The monoisotopic (exact) mass is 392 g/mol. The topological polar surface area (TPSA) is 0 Å². The van der Waals surface area contributed by atoms with Crippen LogP contribution in [0.2, 0.25) is 0 Å². The van der Waals surface area contributed by atoms with Gasteiger partial charge in [0.15, 0.2) is 0 Å². The lowest BCUT2D eigenvalue weighted by atomic mass is 9.74. The quantitative estimate of drug-likeness (QED) is 0.268. The molecule has 0 N–H and O–H groups in total. The van der Waals surface area contributed by atoms with Gasteiger partial charge in [0.05, 0.1) is 5.25 Å². The van der Waals surface area contributed by atoms with E-state index in [9.17, 15) is 0 Å². The van der Waals surface area contributed by atoms with E-state index in [0.717, 1.165) is 0 Å². The molecule has 1 aromatic rings. The van der Waals surface area contributed by atoms with E-state index in [1.165, 1.54) is 89.9 Å². The van der Waals surface area contributed by atoms with Crippen molar-refractivity contribution in [2.75, 3.05) is 0 Å². The Hall–Kier alpha value is -0.210. The van der Waals surface area contributed by atoms with Gasteiger partial charge in [-0.15, -0.1) is 23.1 Å². The summed E-state index contributed by atoms with van der Waals surface area (Å²) in [7, 11) is 0. The van der Waals surface area contributed by atoms with Gasteiger partial charge >= 0.3 is 0 Å². The second-order valence-electron chi connectivity index (χ2n) is 8.10. The van der Waals surface area contributed by atoms with Crippen molar-refractivity contribution < 1.29 is 0 Å². The summed E-state index contributed by atoms with van der Waals surface area (Å²) < 4.78 is 0. The van der Waals surface area contributed by atoms with Crippen LogP contribution in [0.25, 0.3) is 0 Å². The zero-order valence-electron chi connectivity index (χ0n) is 17.2. The first-order chi connectivity index (χ1) is 12.8. The van der Waals surface area contributed by atoms with E-state index >= 15 is 0 Å². The number of allylic oxidation sites excluding steroid dienone is 1. The van der Waals surface area contributed by atoms with E-state index in [1.807, 2.05) is 11.3 Å². The van der Waals surface area contributed by atoms with Crippen molar-refractivity contribution in [1.82, 2.24) is 0 Å². The molecule has 26 heavy (non-hydrogen) atoms. The van der Waals surface area contributed by atoms with E-state index in [2.05, 4.69) is 54.6 Å². The zero-order valence-corrected chi connectivity index (χ0v) is 18.8. The summed E-state index contributed by atoms with van der Waals surface area (Å²) in [6.45, 7) is 4.61. The van der Waals surface area contributed by atoms with Crippen LogP contribution in [-0.4, -0.2) is 0 Å². The standard InChI is InChI=1S/C24H40S2/c1-3-5-7-9-11-13-17-24(18-14-12-10-8-6-4-2)19-21-26-23(24)22-16-15-20-25-22/h15-16,19-21,23H,3-14,17-18H2,1-2H3. The van der Waals surface area contributed by atoms with Crippen LogP contribution in [0.3, 0.4) is 0 Å². The lowest BCUT2D eigenvalue weighted by Crippen LogP contribution is -2.22. The SMILES string of the molecule is CCCCCCCCC1(CCCCCCCC)C=CSC1c1cccs1. The summed E-state index contributed by atoms with van der Waals surface area (Å²) in [5, 5.41) is 5.35. The summed E-state index contributed by atoms with van der Waals surface area (Å²) in [4.78, 5) is 1.59. The Morgan fingerprint density at radius 2 is 1.38 bits per heavy atom. The Morgan fingerprint density at radius 1 is 0.808 bits per heavy atom. The average Bonchev–Trinajstić information content (AvgIpc) is 3.31. The van der Waals surface area contributed by atoms with Crippen molar-refractivity contribution in [1.29, 1.82) is 0 Å². The van der Waals surface area contributed by atoms with Crippen LogP contribution in [0, 0.1) is 5.41 Å². The number of hydrogen-bond acceptors (Lipinski definition) is 2. The van der Waals surface area contributed by atoms with Crippen LogP contribution >= 0.6 is 23.1 Å². The highest BCUT2D eigenvalue weighted by atomic mass is 32.2. The van der Waals surface area contributed by atoms with Crippen molar-refractivity contribution in [2.24, 2.45) is 5.41 Å².